The molecule has 0 saturated carbocycles. The van der Waals surface area contributed by atoms with E-state index in [4.69, 9.17) is 5.14 Å². The topological polar surface area (TPSA) is 89.3 Å². The monoisotopic (exact) mass is 296 g/mol. The van der Waals surface area contributed by atoms with Gasteiger partial charge in [-0.25, -0.2) is 13.6 Å². The molecule has 0 bridgehead atoms. The van der Waals surface area contributed by atoms with Crippen LogP contribution >= 0.6 is 0 Å². The highest BCUT2D eigenvalue weighted by Crippen LogP contribution is 2.25. The minimum absolute atomic E-state index is 0.244. The number of aryl methyl sites for hydroxylation is 1. The van der Waals surface area contributed by atoms with E-state index in [9.17, 15) is 26.4 Å². The third-order valence-corrected chi connectivity index (χ3v) is 3.37. The number of hydrogen-bond donors (Lipinski definition) is 2. The molecule has 0 aliphatic heterocycles. The standard InChI is InChI=1S/C10H11F3N2O3S/c1-5-3-7(19(14,17)18)4-8(6(5)2)15-9(16)10(11,12)13/h3-4H,1-2H3,(H,15,16)(H2,14,17,18). The number of halogens is 3. The van der Waals surface area contributed by atoms with E-state index in [0.29, 0.717) is 11.1 Å². The predicted molar refractivity (Wildman–Crippen MR) is 62.0 cm³/mol. The molecule has 5 nitrogen and oxygen atoms in total. The van der Waals surface area contributed by atoms with Crippen molar-refractivity contribution >= 4 is 21.6 Å². The lowest BCUT2D eigenvalue weighted by atomic mass is 10.1. The highest BCUT2D eigenvalue weighted by Gasteiger charge is 2.39. The van der Waals surface area contributed by atoms with Gasteiger partial charge < -0.3 is 5.32 Å². The summed E-state index contributed by atoms with van der Waals surface area (Å²) in [6.07, 6.45) is -5.06. The Kier molecular flexibility index (Phi) is 3.92. The number of hydrogen-bond acceptors (Lipinski definition) is 3. The summed E-state index contributed by atoms with van der Waals surface area (Å²) in [6.45, 7) is 2.95. The van der Waals surface area contributed by atoms with Gasteiger partial charge in [-0.3, -0.25) is 4.79 Å². The van der Waals surface area contributed by atoms with E-state index in [1.165, 1.54) is 19.9 Å². The van der Waals surface area contributed by atoms with Crippen LogP contribution in [0.3, 0.4) is 0 Å². The molecule has 9 heteroatoms. The molecule has 0 saturated heterocycles. The van der Waals surface area contributed by atoms with Crippen LogP contribution in [0.25, 0.3) is 0 Å². The van der Waals surface area contributed by atoms with Crippen LogP contribution in [0, 0.1) is 13.8 Å². The van der Waals surface area contributed by atoms with Crippen molar-refractivity contribution in [3.05, 3.63) is 23.3 Å². The minimum atomic E-state index is -5.06. The number of carbonyl (C=O) groups excluding carboxylic acids is 1. The number of anilines is 1. The zero-order valence-corrected chi connectivity index (χ0v) is 10.8. The van der Waals surface area contributed by atoms with Gasteiger partial charge in [0.2, 0.25) is 10.0 Å². The first-order valence-electron chi connectivity index (χ1n) is 4.95. The van der Waals surface area contributed by atoms with Crippen LogP contribution in [0.5, 0.6) is 0 Å². The Hall–Kier alpha value is -1.61. The lowest BCUT2D eigenvalue weighted by molar-refractivity contribution is -0.167. The van der Waals surface area contributed by atoms with Crippen LogP contribution in [0.15, 0.2) is 17.0 Å². The molecule has 0 aromatic heterocycles. The van der Waals surface area contributed by atoms with Gasteiger partial charge in [0.05, 0.1) is 4.90 Å². The number of carbonyl (C=O) groups is 1. The van der Waals surface area contributed by atoms with Gasteiger partial charge in [-0.1, -0.05) is 0 Å². The Morgan fingerprint density at radius 2 is 1.79 bits per heavy atom. The summed E-state index contributed by atoms with van der Waals surface area (Å²) in [5.41, 5.74) is 0.473. The minimum Gasteiger partial charge on any atom is -0.318 e. The van der Waals surface area contributed by atoms with Gasteiger partial charge in [0.1, 0.15) is 0 Å². The molecule has 0 heterocycles. The summed E-state index contributed by atoms with van der Waals surface area (Å²) in [6, 6.07) is 2.11. The van der Waals surface area contributed by atoms with E-state index in [0.717, 1.165) is 6.07 Å². The van der Waals surface area contributed by atoms with Gasteiger partial charge in [0.15, 0.2) is 0 Å². The molecule has 1 amide bonds. The maximum atomic E-state index is 12.1. The molecule has 106 valence electrons. The molecule has 0 aliphatic carbocycles. The smallest absolute Gasteiger partial charge is 0.318 e. The van der Waals surface area contributed by atoms with Crippen LogP contribution in [0.2, 0.25) is 0 Å². The second-order valence-corrected chi connectivity index (χ2v) is 5.47. The first kappa shape index (κ1) is 15.4. The van der Waals surface area contributed by atoms with E-state index in [-0.39, 0.29) is 10.6 Å². The predicted octanol–water partition coefficient (Wildman–Crippen LogP) is 1.45. The molecule has 0 spiro atoms. The van der Waals surface area contributed by atoms with Gasteiger partial charge in [-0.05, 0) is 37.1 Å². The van der Waals surface area contributed by atoms with Gasteiger partial charge in [-0.15, -0.1) is 0 Å². The second-order valence-electron chi connectivity index (χ2n) is 3.91. The zero-order chi connectivity index (χ0) is 15.0. The average Bonchev–Trinajstić information content (AvgIpc) is 2.21. The third kappa shape index (κ3) is 3.67. The number of nitrogens with two attached hydrogens (primary N) is 1. The van der Waals surface area contributed by atoms with Crippen molar-refractivity contribution < 1.29 is 26.4 Å². The van der Waals surface area contributed by atoms with Crippen LogP contribution in [-0.4, -0.2) is 20.5 Å². The van der Waals surface area contributed by atoms with E-state index in [1.807, 2.05) is 0 Å². The van der Waals surface area contributed by atoms with Crippen LogP contribution < -0.4 is 10.5 Å². The van der Waals surface area contributed by atoms with Gasteiger partial charge in [-0.2, -0.15) is 13.2 Å². The molecule has 19 heavy (non-hydrogen) atoms. The number of sulfonamides is 1. The normalized spacial score (nSPS) is 12.3. The highest BCUT2D eigenvalue weighted by atomic mass is 32.2. The second kappa shape index (κ2) is 4.82. The molecule has 0 fully saturated rings. The molecule has 3 N–H and O–H groups in total. The molecular weight excluding hydrogens is 285 g/mol. The van der Waals surface area contributed by atoms with Gasteiger partial charge >= 0.3 is 12.1 Å². The first-order valence-corrected chi connectivity index (χ1v) is 6.50. The molecule has 0 radical (unpaired) electrons. The van der Waals surface area contributed by atoms with Crippen molar-refractivity contribution in [1.82, 2.24) is 0 Å². The fourth-order valence-electron chi connectivity index (χ4n) is 1.31. The van der Waals surface area contributed by atoms with Crippen molar-refractivity contribution in [3.63, 3.8) is 0 Å². The molecule has 0 atom stereocenters. The molecule has 1 aromatic rings. The summed E-state index contributed by atoms with van der Waals surface area (Å²) in [5, 5.41) is 6.52. The maximum absolute atomic E-state index is 12.1. The average molecular weight is 296 g/mol. The lowest BCUT2D eigenvalue weighted by Gasteiger charge is -2.13. The van der Waals surface area contributed by atoms with Gasteiger partial charge in [0, 0.05) is 5.69 Å². The summed E-state index contributed by atoms with van der Waals surface area (Å²) in [5.74, 6) is -2.18. The number of primary sulfonamides is 1. The maximum Gasteiger partial charge on any atom is 0.471 e. The Balaban J connectivity index is 3.29. The quantitative estimate of drug-likeness (QED) is 0.865. The number of nitrogens with one attached hydrogen (secondary N) is 1. The Morgan fingerprint density at radius 1 is 1.26 bits per heavy atom. The van der Waals surface area contributed by atoms with Crippen molar-refractivity contribution in [2.24, 2.45) is 5.14 Å². The number of alkyl halides is 3. The van der Waals surface area contributed by atoms with E-state index in [1.54, 1.807) is 5.32 Å². The summed E-state index contributed by atoms with van der Waals surface area (Å²) < 4.78 is 58.8. The zero-order valence-electron chi connectivity index (χ0n) is 10.00. The van der Waals surface area contributed by atoms with Crippen molar-refractivity contribution in [2.75, 3.05) is 5.32 Å². The van der Waals surface area contributed by atoms with Crippen molar-refractivity contribution in [3.8, 4) is 0 Å². The Morgan fingerprint density at radius 3 is 2.21 bits per heavy atom. The van der Waals surface area contributed by atoms with Crippen molar-refractivity contribution in [1.29, 1.82) is 0 Å². The summed E-state index contributed by atoms with van der Waals surface area (Å²) in [4.78, 5) is 10.5. The molecule has 1 aromatic carbocycles. The fourth-order valence-corrected chi connectivity index (χ4v) is 1.94. The fraction of sp³-hybridized carbons (Fsp3) is 0.300. The summed E-state index contributed by atoms with van der Waals surface area (Å²) in [7, 11) is -4.07. The molecule has 0 unspecified atom stereocenters. The third-order valence-electron chi connectivity index (χ3n) is 2.48. The number of rotatable bonds is 2. The molecule has 1 rings (SSSR count). The Bertz CT molecular complexity index is 624. The molecule has 0 aliphatic rings. The SMILES string of the molecule is Cc1cc(S(N)(=O)=O)cc(NC(=O)C(F)(F)F)c1C. The number of benzene rings is 1. The van der Waals surface area contributed by atoms with E-state index < -0.39 is 22.1 Å². The summed E-state index contributed by atoms with van der Waals surface area (Å²) >= 11 is 0. The number of amides is 1. The molecular formula is C10H11F3N2O3S. The highest BCUT2D eigenvalue weighted by molar-refractivity contribution is 7.89. The van der Waals surface area contributed by atoms with Gasteiger partial charge in [0.25, 0.3) is 0 Å². The largest absolute Gasteiger partial charge is 0.471 e. The van der Waals surface area contributed by atoms with Crippen molar-refractivity contribution in [2.45, 2.75) is 24.9 Å². The Labute approximate surface area is 107 Å². The lowest BCUT2D eigenvalue weighted by Crippen LogP contribution is -2.30. The first-order chi connectivity index (χ1) is 8.43. The van der Waals surface area contributed by atoms with Crippen LogP contribution in [-0.2, 0) is 14.8 Å². The van der Waals surface area contributed by atoms with Crippen LogP contribution in [0.4, 0.5) is 18.9 Å². The van der Waals surface area contributed by atoms with Crippen LogP contribution in [0.1, 0.15) is 11.1 Å². The van der Waals surface area contributed by atoms with E-state index in [2.05, 4.69) is 0 Å². The van der Waals surface area contributed by atoms with E-state index >= 15 is 0 Å².